The van der Waals surface area contributed by atoms with Crippen LogP contribution in [-0.4, -0.2) is 0 Å². The number of rotatable bonds is 3. The van der Waals surface area contributed by atoms with E-state index >= 15 is 0 Å². The average molecular weight is 356 g/mol. The Kier molecular flexibility index (Phi) is 4.24. The first-order valence-corrected chi connectivity index (χ1v) is 6.87. The van der Waals surface area contributed by atoms with E-state index in [0.29, 0.717) is 6.61 Å². The molecule has 0 aliphatic rings. The van der Waals surface area contributed by atoms with Crippen molar-refractivity contribution in [1.29, 1.82) is 0 Å². The van der Waals surface area contributed by atoms with E-state index < -0.39 is 0 Å². The second kappa shape index (κ2) is 5.69. The molecule has 0 atom stereocenters. The van der Waals surface area contributed by atoms with Crippen LogP contribution >= 0.6 is 31.9 Å². The number of hydrogen-bond donors (Lipinski definition) is 0. The molecule has 88 valence electrons. The molecule has 0 saturated carbocycles. The van der Waals surface area contributed by atoms with Crippen molar-refractivity contribution in [2.24, 2.45) is 0 Å². The SMILES string of the molecule is Cc1ccc(OCc2ccc(Br)cc2)c(Br)c1. The molecule has 0 bridgehead atoms. The largest absolute Gasteiger partial charge is 0.488 e. The average Bonchev–Trinajstić information content (AvgIpc) is 2.30. The standard InChI is InChI=1S/C14H12Br2O/c1-10-2-7-14(13(16)8-10)17-9-11-3-5-12(15)6-4-11/h2-8H,9H2,1H3. The van der Waals surface area contributed by atoms with Gasteiger partial charge >= 0.3 is 0 Å². The van der Waals surface area contributed by atoms with E-state index in [2.05, 4.69) is 44.8 Å². The zero-order chi connectivity index (χ0) is 12.3. The maximum Gasteiger partial charge on any atom is 0.134 e. The monoisotopic (exact) mass is 354 g/mol. The molecule has 0 unspecified atom stereocenters. The smallest absolute Gasteiger partial charge is 0.134 e. The molecule has 0 aromatic heterocycles. The lowest BCUT2D eigenvalue weighted by molar-refractivity contribution is 0.304. The van der Waals surface area contributed by atoms with Crippen molar-refractivity contribution in [3.05, 3.63) is 62.5 Å². The third-order valence-corrected chi connectivity index (χ3v) is 3.54. The summed E-state index contributed by atoms with van der Waals surface area (Å²) in [4.78, 5) is 0. The third kappa shape index (κ3) is 3.58. The molecule has 0 heterocycles. The van der Waals surface area contributed by atoms with Gasteiger partial charge in [-0.3, -0.25) is 0 Å². The van der Waals surface area contributed by atoms with Crippen molar-refractivity contribution in [3.8, 4) is 5.75 Å². The fourth-order valence-corrected chi connectivity index (χ4v) is 2.34. The van der Waals surface area contributed by atoms with Gasteiger partial charge in [-0.15, -0.1) is 0 Å². The van der Waals surface area contributed by atoms with E-state index in [4.69, 9.17) is 4.74 Å². The predicted molar refractivity (Wildman–Crippen MR) is 77.4 cm³/mol. The number of hydrogen-bond acceptors (Lipinski definition) is 1. The Balaban J connectivity index is 2.04. The molecule has 0 aliphatic heterocycles. The quantitative estimate of drug-likeness (QED) is 0.744. The Hall–Kier alpha value is -0.800. The molecule has 2 rings (SSSR count). The summed E-state index contributed by atoms with van der Waals surface area (Å²) in [6, 6.07) is 14.2. The van der Waals surface area contributed by atoms with Crippen LogP contribution in [0.25, 0.3) is 0 Å². The van der Waals surface area contributed by atoms with Crippen LogP contribution in [0.1, 0.15) is 11.1 Å². The molecule has 3 heteroatoms. The van der Waals surface area contributed by atoms with Crippen LogP contribution in [0.4, 0.5) is 0 Å². The van der Waals surface area contributed by atoms with E-state index in [1.54, 1.807) is 0 Å². The molecule has 0 amide bonds. The minimum Gasteiger partial charge on any atom is -0.488 e. The minimum absolute atomic E-state index is 0.578. The molecular formula is C14H12Br2O. The van der Waals surface area contributed by atoms with Crippen LogP contribution in [0.5, 0.6) is 5.75 Å². The normalized spacial score (nSPS) is 10.3. The van der Waals surface area contributed by atoms with Gasteiger partial charge in [-0.1, -0.05) is 34.1 Å². The Bertz CT molecular complexity index is 506. The van der Waals surface area contributed by atoms with E-state index in [1.807, 2.05) is 36.4 Å². The highest BCUT2D eigenvalue weighted by Gasteiger charge is 2.01. The van der Waals surface area contributed by atoms with Crippen molar-refractivity contribution in [2.45, 2.75) is 13.5 Å². The Morgan fingerprint density at radius 1 is 1.00 bits per heavy atom. The van der Waals surface area contributed by atoms with Crippen molar-refractivity contribution >= 4 is 31.9 Å². The second-order valence-electron chi connectivity index (χ2n) is 3.85. The molecule has 2 aromatic carbocycles. The lowest BCUT2D eigenvalue weighted by atomic mass is 10.2. The van der Waals surface area contributed by atoms with Gasteiger partial charge in [0.25, 0.3) is 0 Å². The first-order valence-electron chi connectivity index (χ1n) is 5.28. The molecule has 0 saturated heterocycles. The van der Waals surface area contributed by atoms with Gasteiger partial charge in [-0.25, -0.2) is 0 Å². The summed E-state index contributed by atoms with van der Waals surface area (Å²) in [6.07, 6.45) is 0. The van der Waals surface area contributed by atoms with E-state index in [0.717, 1.165) is 20.3 Å². The van der Waals surface area contributed by atoms with E-state index in [9.17, 15) is 0 Å². The summed E-state index contributed by atoms with van der Waals surface area (Å²) in [6.45, 7) is 2.64. The van der Waals surface area contributed by atoms with Crippen molar-refractivity contribution in [2.75, 3.05) is 0 Å². The lowest BCUT2D eigenvalue weighted by Gasteiger charge is -2.08. The fourth-order valence-electron chi connectivity index (χ4n) is 1.46. The van der Waals surface area contributed by atoms with Crippen LogP contribution in [0, 0.1) is 6.92 Å². The minimum atomic E-state index is 0.578. The first-order chi connectivity index (χ1) is 8.15. The number of benzene rings is 2. The van der Waals surface area contributed by atoms with Crippen LogP contribution < -0.4 is 4.74 Å². The summed E-state index contributed by atoms with van der Waals surface area (Å²) < 4.78 is 7.83. The highest BCUT2D eigenvalue weighted by Crippen LogP contribution is 2.26. The van der Waals surface area contributed by atoms with Gasteiger partial charge in [0, 0.05) is 4.47 Å². The molecular weight excluding hydrogens is 344 g/mol. The molecule has 1 nitrogen and oxygen atoms in total. The zero-order valence-electron chi connectivity index (χ0n) is 9.41. The number of ether oxygens (including phenoxy) is 1. The number of aryl methyl sites for hydroxylation is 1. The predicted octanol–water partition coefficient (Wildman–Crippen LogP) is 5.10. The van der Waals surface area contributed by atoms with Crippen molar-refractivity contribution in [3.63, 3.8) is 0 Å². The third-order valence-electron chi connectivity index (χ3n) is 2.39. The van der Waals surface area contributed by atoms with Gasteiger partial charge in [0.05, 0.1) is 4.47 Å². The topological polar surface area (TPSA) is 9.23 Å². The van der Waals surface area contributed by atoms with Crippen LogP contribution in [-0.2, 0) is 6.61 Å². The first kappa shape index (κ1) is 12.7. The van der Waals surface area contributed by atoms with Crippen molar-refractivity contribution < 1.29 is 4.74 Å². The Morgan fingerprint density at radius 3 is 2.35 bits per heavy atom. The molecule has 0 aliphatic carbocycles. The second-order valence-corrected chi connectivity index (χ2v) is 5.62. The Labute approximate surface area is 118 Å². The maximum atomic E-state index is 5.76. The number of halogens is 2. The lowest BCUT2D eigenvalue weighted by Crippen LogP contribution is -1.95. The van der Waals surface area contributed by atoms with Gasteiger partial charge in [0.15, 0.2) is 0 Å². The van der Waals surface area contributed by atoms with E-state index in [1.165, 1.54) is 5.56 Å². The van der Waals surface area contributed by atoms with Crippen LogP contribution in [0.3, 0.4) is 0 Å². The highest BCUT2D eigenvalue weighted by molar-refractivity contribution is 9.10. The van der Waals surface area contributed by atoms with Crippen molar-refractivity contribution in [1.82, 2.24) is 0 Å². The summed E-state index contributed by atoms with van der Waals surface area (Å²) in [5, 5.41) is 0. The molecule has 2 aromatic rings. The fraction of sp³-hybridized carbons (Fsp3) is 0.143. The van der Waals surface area contributed by atoms with Gasteiger partial charge < -0.3 is 4.74 Å². The van der Waals surface area contributed by atoms with Gasteiger partial charge in [0.1, 0.15) is 12.4 Å². The van der Waals surface area contributed by atoms with Crippen LogP contribution in [0.15, 0.2) is 51.4 Å². The highest BCUT2D eigenvalue weighted by atomic mass is 79.9. The Morgan fingerprint density at radius 2 is 1.71 bits per heavy atom. The molecule has 17 heavy (non-hydrogen) atoms. The van der Waals surface area contributed by atoms with Gasteiger partial charge in [0.2, 0.25) is 0 Å². The molecule has 0 radical (unpaired) electrons. The molecule has 0 N–H and O–H groups in total. The van der Waals surface area contributed by atoms with E-state index in [-0.39, 0.29) is 0 Å². The van der Waals surface area contributed by atoms with Gasteiger partial charge in [-0.2, -0.15) is 0 Å². The zero-order valence-corrected chi connectivity index (χ0v) is 12.6. The summed E-state index contributed by atoms with van der Waals surface area (Å²) in [5.41, 5.74) is 2.37. The summed E-state index contributed by atoms with van der Waals surface area (Å²) >= 11 is 6.91. The van der Waals surface area contributed by atoms with Crippen LogP contribution in [0.2, 0.25) is 0 Å². The maximum absolute atomic E-state index is 5.76. The summed E-state index contributed by atoms with van der Waals surface area (Å²) in [7, 11) is 0. The summed E-state index contributed by atoms with van der Waals surface area (Å²) in [5.74, 6) is 0.874. The molecule has 0 spiro atoms. The van der Waals surface area contributed by atoms with Gasteiger partial charge in [-0.05, 0) is 58.2 Å². The molecule has 0 fully saturated rings.